The average Bonchev–Trinajstić information content (AvgIpc) is 3.59. The molecule has 1 amide bonds. The number of nitrogens with one attached hydrogen (secondary N) is 1. The van der Waals surface area contributed by atoms with Gasteiger partial charge in [-0.1, -0.05) is 71.2 Å². The molecule has 36 heavy (non-hydrogen) atoms. The molecule has 0 saturated heterocycles. The van der Waals surface area contributed by atoms with Gasteiger partial charge in [-0.15, -0.1) is 0 Å². The molecule has 0 spiro atoms. The Labute approximate surface area is 218 Å². The Morgan fingerprint density at radius 3 is 2.36 bits per heavy atom. The Morgan fingerprint density at radius 1 is 0.917 bits per heavy atom. The van der Waals surface area contributed by atoms with E-state index in [4.69, 9.17) is 9.84 Å². The molecule has 1 aliphatic carbocycles. The molecular weight excluding hydrogens is 518 g/mol. The maximum Gasteiger partial charge on any atom is 0.251 e. The SMILES string of the molecule is O=C(NC1CCCC1)c1ccc(C2=NN3C(C(=O)c4ccc(Br)cc4)Oc4ccccc4C3C2)cc1. The van der Waals surface area contributed by atoms with E-state index in [0.29, 0.717) is 23.3 Å². The van der Waals surface area contributed by atoms with Crippen LogP contribution in [0.4, 0.5) is 0 Å². The second kappa shape index (κ2) is 9.54. The van der Waals surface area contributed by atoms with Gasteiger partial charge in [0.2, 0.25) is 5.78 Å². The minimum atomic E-state index is -0.847. The summed E-state index contributed by atoms with van der Waals surface area (Å²) in [4.78, 5) is 26.1. The smallest absolute Gasteiger partial charge is 0.251 e. The first-order valence-electron chi connectivity index (χ1n) is 12.4. The Morgan fingerprint density at radius 2 is 1.61 bits per heavy atom. The Hall–Kier alpha value is -3.45. The van der Waals surface area contributed by atoms with Crippen molar-refractivity contribution in [3.05, 3.63) is 99.5 Å². The van der Waals surface area contributed by atoms with E-state index < -0.39 is 6.23 Å². The lowest BCUT2D eigenvalue weighted by molar-refractivity contribution is -0.00455. The summed E-state index contributed by atoms with van der Waals surface area (Å²) < 4.78 is 7.11. The summed E-state index contributed by atoms with van der Waals surface area (Å²) in [5.74, 6) is 0.553. The van der Waals surface area contributed by atoms with Crippen LogP contribution in [0.5, 0.6) is 5.75 Å². The van der Waals surface area contributed by atoms with Crippen LogP contribution in [0.1, 0.15) is 70.0 Å². The van der Waals surface area contributed by atoms with Crippen molar-refractivity contribution in [2.45, 2.75) is 50.4 Å². The molecule has 6 nitrogen and oxygen atoms in total. The summed E-state index contributed by atoms with van der Waals surface area (Å²) in [6.45, 7) is 0. The topological polar surface area (TPSA) is 71.0 Å². The van der Waals surface area contributed by atoms with Crippen molar-refractivity contribution < 1.29 is 14.3 Å². The van der Waals surface area contributed by atoms with Gasteiger partial charge in [-0.2, -0.15) is 5.10 Å². The third-order valence-electron chi connectivity index (χ3n) is 7.22. The number of hydrogen-bond acceptors (Lipinski definition) is 5. The Balaban J connectivity index is 1.27. The van der Waals surface area contributed by atoms with Gasteiger partial charge in [-0.25, -0.2) is 5.01 Å². The van der Waals surface area contributed by atoms with Crippen molar-refractivity contribution in [1.82, 2.24) is 10.3 Å². The van der Waals surface area contributed by atoms with Gasteiger partial charge < -0.3 is 10.1 Å². The van der Waals surface area contributed by atoms with E-state index in [-0.39, 0.29) is 23.8 Å². The molecule has 2 atom stereocenters. The van der Waals surface area contributed by atoms with Crippen LogP contribution in [-0.4, -0.2) is 34.7 Å². The van der Waals surface area contributed by atoms with Gasteiger partial charge >= 0.3 is 0 Å². The number of carbonyl (C=O) groups excluding carboxylic acids is 2. The highest BCUT2D eigenvalue weighted by atomic mass is 79.9. The first-order chi connectivity index (χ1) is 17.6. The molecule has 7 heteroatoms. The van der Waals surface area contributed by atoms with Crippen molar-refractivity contribution >= 4 is 33.3 Å². The molecule has 2 heterocycles. The zero-order chi connectivity index (χ0) is 24.6. The molecule has 6 rings (SSSR count). The highest BCUT2D eigenvalue weighted by Gasteiger charge is 2.43. The number of carbonyl (C=O) groups is 2. The fraction of sp³-hybridized carbons (Fsp3) is 0.276. The second-order valence-electron chi connectivity index (χ2n) is 9.56. The summed E-state index contributed by atoms with van der Waals surface area (Å²) in [6, 6.07) is 22.9. The van der Waals surface area contributed by atoms with Gasteiger partial charge in [-0.3, -0.25) is 9.59 Å². The molecule has 3 aliphatic rings. The van der Waals surface area contributed by atoms with Crippen LogP contribution >= 0.6 is 15.9 Å². The highest BCUT2D eigenvalue weighted by Crippen LogP contribution is 2.43. The number of rotatable bonds is 5. The number of hydrogen-bond donors (Lipinski definition) is 1. The number of nitrogens with zero attached hydrogens (tertiary/aromatic N) is 2. The third kappa shape index (κ3) is 4.32. The van der Waals surface area contributed by atoms with Gasteiger partial charge in [0.25, 0.3) is 12.1 Å². The minimum absolute atomic E-state index is 0.0262. The Kier molecular flexibility index (Phi) is 6.09. The lowest BCUT2D eigenvalue weighted by Gasteiger charge is -2.37. The monoisotopic (exact) mass is 543 g/mol. The van der Waals surface area contributed by atoms with E-state index >= 15 is 0 Å². The van der Waals surface area contributed by atoms with Crippen LogP contribution in [0.3, 0.4) is 0 Å². The van der Waals surface area contributed by atoms with Crippen molar-refractivity contribution in [2.75, 3.05) is 0 Å². The summed E-state index contributed by atoms with van der Waals surface area (Å²) in [6.07, 6.45) is 4.28. The van der Waals surface area contributed by atoms with Crippen LogP contribution in [0.25, 0.3) is 0 Å². The van der Waals surface area contributed by atoms with E-state index in [9.17, 15) is 9.59 Å². The van der Waals surface area contributed by atoms with Gasteiger partial charge in [-0.05, 0) is 48.7 Å². The molecular formula is C29H26BrN3O3. The zero-order valence-electron chi connectivity index (χ0n) is 19.7. The maximum atomic E-state index is 13.5. The summed E-state index contributed by atoms with van der Waals surface area (Å²) in [5.41, 5.74) is 4.05. The number of Topliss-reactive ketones (excluding diaryl/α,β-unsaturated/α-hetero) is 1. The predicted molar refractivity (Wildman–Crippen MR) is 141 cm³/mol. The first kappa shape index (κ1) is 23.0. The van der Waals surface area contributed by atoms with E-state index in [1.807, 2.05) is 60.7 Å². The molecule has 1 saturated carbocycles. The number of halogens is 1. The molecule has 0 radical (unpaired) electrons. The lowest BCUT2D eigenvalue weighted by Crippen LogP contribution is -2.45. The number of ketones is 1. The minimum Gasteiger partial charge on any atom is -0.461 e. The lowest BCUT2D eigenvalue weighted by atomic mass is 9.95. The normalized spacial score (nSPS) is 20.8. The van der Waals surface area contributed by atoms with Crippen molar-refractivity contribution in [1.29, 1.82) is 0 Å². The van der Waals surface area contributed by atoms with E-state index in [1.165, 1.54) is 12.8 Å². The highest BCUT2D eigenvalue weighted by molar-refractivity contribution is 9.10. The third-order valence-corrected chi connectivity index (χ3v) is 7.75. The van der Waals surface area contributed by atoms with E-state index in [0.717, 1.165) is 34.2 Å². The quantitative estimate of drug-likeness (QED) is 0.408. The predicted octanol–water partition coefficient (Wildman–Crippen LogP) is 5.87. The van der Waals surface area contributed by atoms with Gasteiger partial charge in [0.15, 0.2) is 0 Å². The van der Waals surface area contributed by atoms with Crippen LogP contribution in [0.15, 0.2) is 82.4 Å². The maximum absolute atomic E-state index is 13.5. The van der Waals surface area contributed by atoms with Gasteiger partial charge in [0.1, 0.15) is 5.75 Å². The molecule has 182 valence electrons. The standard InChI is InChI=1S/C29H26BrN3O3/c30-21-15-13-19(14-16-21)27(34)29-33-25(23-7-3-4-8-26(23)36-29)17-24(32-33)18-9-11-20(12-10-18)28(35)31-22-5-1-2-6-22/h3-4,7-16,22,25,29H,1-2,5-6,17H2,(H,31,35). The summed E-state index contributed by atoms with van der Waals surface area (Å²) in [7, 11) is 0. The molecule has 1 fully saturated rings. The second-order valence-corrected chi connectivity index (χ2v) is 10.5. The van der Waals surface area contributed by atoms with Crippen molar-refractivity contribution in [2.24, 2.45) is 5.10 Å². The van der Waals surface area contributed by atoms with Crippen LogP contribution in [0.2, 0.25) is 0 Å². The summed E-state index contributed by atoms with van der Waals surface area (Å²) >= 11 is 3.43. The Bertz CT molecular complexity index is 1330. The van der Waals surface area contributed by atoms with E-state index in [1.54, 1.807) is 17.1 Å². The number of benzene rings is 3. The number of para-hydroxylation sites is 1. The molecule has 2 aliphatic heterocycles. The molecule has 0 aromatic heterocycles. The molecule has 3 aromatic rings. The number of ether oxygens (including phenoxy) is 1. The van der Waals surface area contributed by atoms with Crippen molar-refractivity contribution in [3.8, 4) is 5.75 Å². The molecule has 3 aromatic carbocycles. The molecule has 1 N–H and O–H groups in total. The molecule has 2 unspecified atom stereocenters. The fourth-order valence-corrected chi connectivity index (χ4v) is 5.56. The van der Waals surface area contributed by atoms with E-state index in [2.05, 4.69) is 21.2 Å². The van der Waals surface area contributed by atoms with Gasteiger partial charge in [0.05, 0.1) is 11.8 Å². The number of fused-ring (bicyclic) bond motifs is 3. The average molecular weight is 544 g/mol. The van der Waals surface area contributed by atoms with Crippen molar-refractivity contribution in [3.63, 3.8) is 0 Å². The van der Waals surface area contributed by atoms with Crippen LogP contribution in [-0.2, 0) is 0 Å². The number of hydrazone groups is 1. The number of amides is 1. The largest absolute Gasteiger partial charge is 0.461 e. The van der Waals surface area contributed by atoms with Crippen LogP contribution in [0, 0.1) is 0 Å². The molecule has 0 bridgehead atoms. The summed E-state index contributed by atoms with van der Waals surface area (Å²) in [5, 5.41) is 9.81. The van der Waals surface area contributed by atoms with Gasteiger partial charge in [0, 0.05) is 33.6 Å². The zero-order valence-corrected chi connectivity index (χ0v) is 21.3. The fourth-order valence-electron chi connectivity index (χ4n) is 5.29. The first-order valence-corrected chi connectivity index (χ1v) is 13.2. The van der Waals surface area contributed by atoms with Crippen LogP contribution < -0.4 is 10.1 Å².